The van der Waals surface area contributed by atoms with Crippen LogP contribution in [0.3, 0.4) is 0 Å². The summed E-state index contributed by atoms with van der Waals surface area (Å²) in [5.41, 5.74) is 2.68. The van der Waals surface area contributed by atoms with E-state index >= 15 is 0 Å². The number of hydrogen-bond acceptors (Lipinski definition) is 1. The van der Waals surface area contributed by atoms with Crippen LogP contribution in [0.5, 0.6) is 5.75 Å². The molecule has 4 heteroatoms. The summed E-state index contributed by atoms with van der Waals surface area (Å²) < 4.78 is 6.89. The van der Waals surface area contributed by atoms with Crippen LogP contribution in [-0.4, -0.2) is 17.4 Å². The van der Waals surface area contributed by atoms with E-state index in [4.69, 9.17) is 4.74 Å². The third-order valence-corrected chi connectivity index (χ3v) is 11.6. The third-order valence-electron chi connectivity index (χ3n) is 2.17. The molecule has 0 spiro atoms. The van der Waals surface area contributed by atoms with Gasteiger partial charge in [-0.15, -0.1) is 0 Å². The van der Waals surface area contributed by atoms with Crippen molar-refractivity contribution in [3.63, 3.8) is 0 Å². The first-order valence-electron chi connectivity index (χ1n) is 4.19. The van der Waals surface area contributed by atoms with Gasteiger partial charge in [-0.05, 0) is 0 Å². The predicted octanol–water partition coefficient (Wildman–Crippen LogP) is 3.46. The number of halogens is 2. The van der Waals surface area contributed by atoms with Gasteiger partial charge in [0, 0.05) is 0 Å². The van der Waals surface area contributed by atoms with E-state index in [9.17, 15) is 0 Å². The molecule has 0 atom stereocenters. The van der Waals surface area contributed by atoms with Crippen LogP contribution in [0.15, 0.2) is 12.1 Å². The summed E-state index contributed by atoms with van der Waals surface area (Å²) in [6.45, 7) is 4.30. The molecule has 0 unspecified atom stereocenters. The van der Waals surface area contributed by atoms with Crippen molar-refractivity contribution < 1.29 is 4.74 Å². The molecule has 0 aliphatic carbocycles. The van der Waals surface area contributed by atoms with Gasteiger partial charge in [-0.3, -0.25) is 0 Å². The molecule has 14 heavy (non-hydrogen) atoms. The van der Waals surface area contributed by atoms with Crippen LogP contribution >= 0.6 is 37.4 Å². The van der Waals surface area contributed by atoms with Crippen LogP contribution in [0.4, 0.5) is 0 Å². The van der Waals surface area contributed by atoms with E-state index in [1.54, 1.807) is 7.11 Å². The monoisotopic (exact) mass is 534 g/mol. The zero-order valence-corrected chi connectivity index (χ0v) is 15.4. The maximum absolute atomic E-state index is 5.45. The van der Waals surface area contributed by atoms with Crippen LogP contribution in [0, 0.1) is 13.8 Å². The molecule has 0 aromatic heterocycles. The van der Waals surface area contributed by atoms with Gasteiger partial charge < -0.3 is 0 Å². The first-order chi connectivity index (χ1) is 6.36. The van der Waals surface area contributed by atoms with E-state index in [0.717, 1.165) is 5.75 Å². The third kappa shape index (κ3) is 3.13. The molecule has 80 valence electrons. The number of ether oxygens (including phenoxy) is 1. The molecule has 0 aliphatic heterocycles. The minimum atomic E-state index is -1.86. The predicted molar refractivity (Wildman–Crippen MR) is 81.8 cm³/mol. The van der Waals surface area contributed by atoms with E-state index in [2.05, 4.69) is 68.3 Å². The van der Waals surface area contributed by atoms with Gasteiger partial charge in [-0.25, -0.2) is 0 Å². The average molecular weight is 532 g/mol. The fourth-order valence-electron chi connectivity index (χ4n) is 1.20. The second-order valence-corrected chi connectivity index (χ2v) is 43.6. The second kappa shape index (κ2) is 5.07. The van der Waals surface area contributed by atoms with Gasteiger partial charge in [0.2, 0.25) is 0 Å². The average Bonchev–Trinajstić information content (AvgIpc) is 2.07. The zero-order valence-electron chi connectivity index (χ0n) is 8.73. The molecule has 1 aromatic carbocycles. The van der Waals surface area contributed by atoms with Crippen LogP contribution in [0.2, 0.25) is 4.97 Å². The van der Waals surface area contributed by atoms with Crippen molar-refractivity contribution in [2.75, 3.05) is 7.11 Å². The van der Waals surface area contributed by atoms with Gasteiger partial charge in [0.25, 0.3) is 0 Å². The molecule has 0 fully saturated rings. The van der Waals surface area contributed by atoms with Crippen molar-refractivity contribution in [1.82, 2.24) is 0 Å². The van der Waals surface area contributed by atoms with Gasteiger partial charge in [0.05, 0.1) is 0 Å². The Morgan fingerprint density at radius 1 is 1.14 bits per heavy atom. The Morgan fingerprint density at radius 2 is 1.64 bits per heavy atom. The van der Waals surface area contributed by atoms with Crippen molar-refractivity contribution >= 4 is 51.3 Å². The Hall–Kier alpha value is 1.27. The van der Waals surface area contributed by atoms with E-state index < -0.39 is 10.3 Å². The van der Waals surface area contributed by atoms with Gasteiger partial charge in [-0.1, -0.05) is 0 Å². The van der Waals surface area contributed by atoms with Crippen molar-refractivity contribution in [2.24, 2.45) is 0 Å². The Balaban J connectivity index is 3.35. The molecule has 1 rings (SSSR count). The number of methoxy groups -OCH3 is 1. The van der Waals surface area contributed by atoms with Gasteiger partial charge >= 0.3 is 111 Å². The molecule has 0 aliphatic rings. The number of benzene rings is 1. The molecule has 1 nitrogen and oxygen atoms in total. The maximum atomic E-state index is 5.45. The van der Waals surface area contributed by atoms with Crippen molar-refractivity contribution in [3.8, 4) is 5.75 Å². The van der Waals surface area contributed by atoms with E-state index in [1.165, 1.54) is 14.7 Å². The summed E-state index contributed by atoms with van der Waals surface area (Å²) in [4.78, 5) is 2.37. The fourth-order valence-corrected chi connectivity index (χ4v) is 8.33. The standard InChI is InChI=1S/C10H14I2OTe/c1-7-5-9(13-3)10(6-8(7)2)14(4,11)12/h5-6H,1-4H3. The number of rotatable bonds is 2. The first kappa shape index (κ1) is 13.3. The number of hydrogen-bond donors (Lipinski definition) is 0. The molecule has 0 bridgehead atoms. The summed E-state index contributed by atoms with van der Waals surface area (Å²) in [5, 5.41) is 0. The zero-order chi connectivity index (χ0) is 10.9. The van der Waals surface area contributed by atoms with Crippen molar-refractivity contribution in [2.45, 2.75) is 18.8 Å². The van der Waals surface area contributed by atoms with E-state index in [-0.39, 0.29) is 0 Å². The molecule has 0 saturated carbocycles. The van der Waals surface area contributed by atoms with Gasteiger partial charge in [-0.2, -0.15) is 0 Å². The van der Waals surface area contributed by atoms with Crippen LogP contribution in [0.1, 0.15) is 11.1 Å². The topological polar surface area (TPSA) is 9.23 Å². The first-order valence-corrected chi connectivity index (χ1v) is 21.3. The molecular formula is C10H14I2OTe. The van der Waals surface area contributed by atoms with Gasteiger partial charge in [0.15, 0.2) is 0 Å². The Labute approximate surface area is 109 Å². The van der Waals surface area contributed by atoms with E-state index in [0.29, 0.717) is 0 Å². The summed E-state index contributed by atoms with van der Waals surface area (Å²) in [6, 6.07) is 4.46. The van der Waals surface area contributed by atoms with Crippen molar-refractivity contribution in [3.05, 3.63) is 23.3 Å². The summed E-state index contributed by atoms with van der Waals surface area (Å²) in [7, 11) is -0.102. The molecule has 0 radical (unpaired) electrons. The minimum absolute atomic E-state index is 1.07. The van der Waals surface area contributed by atoms with Crippen LogP contribution < -0.4 is 8.35 Å². The summed E-state index contributed by atoms with van der Waals surface area (Å²) in [5.74, 6) is 1.07. The molecule has 0 amide bonds. The Kier molecular flexibility index (Phi) is 4.83. The molecule has 0 heterocycles. The summed E-state index contributed by atoms with van der Waals surface area (Å²) >= 11 is 5.23. The Bertz CT molecular complexity index is 345. The second-order valence-electron chi connectivity index (χ2n) is 3.31. The number of aryl methyl sites for hydroxylation is 2. The Morgan fingerprint density at radius 3 is 2.07 bits per heavy atom. The van der Waals surface area contributed by atoms with Crippen LogP contribution in [-0.2, 0) is 0 Å². The fraction of sp³-hybridized carbons (Fsp3) is 0.400. The van der Waals surface area contributed by atoms with Gasteiger partial charge in [0.1, 0.15) is 0 Å². The normalized spacial score (nSPS) is 12.7. The quantitative estimate of drug-likeness (QED) is 0.420. The molecule has 0 saturated heterocycles. The van der Waals surface area contributed by atoms with Crippen molar-refractivity contribution in [1.29, 1.82) is 0 Å². The molecule has 1 aromatic rings. The van der Waals surface area contributed by atoms with Crippen LogP contribution in [0.25, 0.3) is 0 Å². The summed E-state index contributed by atoms with van der Waals surface area (Å²) in [6.07, 6.45) is 0. The SMILES string of the molecule is COc1cc(C)c(C)cc1[Te](C)(I)I. The molecule has 0 N–H and O–H groups in total. The van der Waals surface area contributed by atoms with E-state index in [1.807, 2.05) is 0 Å². The molecular weight excluding hydrogens is 518 g/mol.